The molecule has 1 aliphatic heterocycles. The number of aryl methyl sites for hydroxylation is 1. The SMILES string of the molecule is Cn1cc(C(N)C(=O)N2CSCC2C(=O)O)cn1. The van der Waals surface area contributed by atoms with E-state index in [9.17, 15) is 9.59 Å². The van der Waals surface area contributed by atoms with Gasteiger partial charge in [0.15, 0.2) is 0 Å². The van der Waals surface area contributed by atoms with E-state index >= 15 is 0 Å². The van der Waals surface area contributed by atoms with Crippen molar-refractivity contribution in [3.63, 3.8) is 0 Å². The second-order valence-electron chi connectivity index (χ2n) is 4.09. The number of carbonyl (C=O) groups is 2. The summed E-state index contributed by atoms with van der Waals surface area (Å²) in [5.41, 5.74) is 6.43. The Kier molecular flexibility index (Phi) is 3.58. The zero-order chi connectivity index (χ0) is 13.3. The first-order chi connectivity index (χ1) is 8.50. The van der Waals surface area contributed by atoms with Crippen molar-refractivity contribution in [2.24, 2.45) is 12.8 Å². The van der Waals surface area contributed by atoms with Crippen molar-refractivity contribution in [1.82, 2.24) is 14.7 Å². The molecular formula is C10H14N4O3S. The molecule has 0 bridgehead atoms. The highest BCUT2D eigenvalue weighted by molar-refractivity contribution is 7.99. The predicted molar refractivity (Wildman–Crippen MR) is 65.7 cm³/mol. The minimum atomic E-state index is -0.994. The zero-order valence-electron chi connectivity index (χ0n) is 9.81. The van der Waals surface area contributed by atoms with E-state index in [4.69, 9.17) is 10.8 Å². The first kappa shape index (κ1) is 12.9. The lowest BCUT2D eigenvalue weighted by molar-refractivity contribution is -0.148. The smallest absolute Gasteiger partial charge is 0.327 e. The number of carboxylic acids is 1. The molecule has 3 N–H and O–H groups in total. The van der Waals surface area contributed by atoms with Gasteiger partial charge in [0.05, 0.1) is 12.1 Å². The van der Waals surface area contributed by atoms with Gasteiger partial charge < -0.3 is 15.7 Å². The van der Waals surface area contributed by atoms with Crippen LogP contribution in [0.5, 0.6) is 0 Å². The molecule has 98 valence electrons. The van der Waals surface area contributed by atoms with E-state index in [0.29, 0.717) is 17.2 Å². The lowest BCUT2D eigenvalue weighted by Gasteiger charge is -2.23. The average molecular weight is 270 g/mol. The van der Waals surface area contributed by atoms with Crippen molar-refractivity contribution < 1.29 is 14.7 Å². The Bertz CT molecular complexity index is 475. The van der Waals surface area contributed by atoms with Gasteiger partial charge in [0.1, 0.15) is 12.1 Å². The third-order valence-electron chi connectivity index (χ3n) is 2.80. The Balaban J connectivity index is 2.13. The normalized spacial score (nSPS) is 21.0. The number of carbonyl (C=O) groups excluding carboxylic acids is 1. The molecule has 2 atom stereocenters. The van der Waals surface area contributed by atoms with Crippen LogP contribution in [0, 0.1) is 0 Å². The molecule has 0 saturated carbocycles. The molecule has 0 aliphatic carbocycles. The van der Waals surface area contributed by atoms with E-state index in [1.807, 2.05) is 0 Å². The van der Waals surface area contributed by atoms with Crippen LogP contribution in [0.25, 0.3) is 0 Å². The van der Waals surface area contributed by atoms with E-state index < -0.39 is 18.1 Å². The lowest BCUT2D eigenvalue weighted by atomic mass is 10.1. The topological polar surface area (TPSA) is 101 Å². The van der Waals surface area contributed by atoms with E-state index in [2.05, 4.69) is 5.10 Å². The second-order valence-corrected chi connectivity index (χ2v) is 5.09. The van der Waals surface area contributed by atoms with Gasteiger partial charge in [-0.05, 0) is 0 Å². The molecule has 0 aromatic carbocycles. The summed E-state index contributed by atoms with van der Waals surface area (Å²) in [4.78, 5) is 24.5. The van der Waals surface area contributed by atoms with E-state index in [1.165, 1.54) is 22.9 Å². The highest BCUT2D eigenvalue weighted by Gasteiger charge is 2.37. The molecule has 2 rings (SSSR count). The highest BCUT2D eigenvalue weighted by atomic mass is 32.2. The summed E-state index contributed by atoms with van der Waals surface area (Å²) in [5.74, 6) is -0.600. The predicted octanol–water partition coefficient (Wildman–Crippen LogP) is -0.594. The standard InChI is InChI=1S/C10H14N4O3S/c1-13-3-6(2-12-13)8(11)9(15)14-5-18-4-7(14)10(16)17/h2-3,7-8H,4-5,11H2,1H3,(H,16,17). The molecule has 0 radical (unpaired) electrons. The Morgan fingerprint density at radius 1 is 1.67 bits per heavy atom. The zero-order valence-corrected chi connectivity index (χ0v) is 10.6. The van der Waals surface area contributed by atoms with Crippen LogP contribution in [-0.2, 0) is 16.6 Å². The molecule has 7 nitrogen and oxygen atoms in total. The number of thioether (sulfide) groups is 1. The van der Waals surface area contributed by atoms with E-state index in [0.717, 1.165) is 0 Å². The van der Waals surface area contributed by atoms with Crippen LogP contribution in [0.3, 0.4) is 0 Å². The number of hydrogen-bond acceptors (Lipinski definition) is 5. The van der Waals surface area contributed by atoms with Gasteiger partial charge in [-0.2, -0.15) is 5.10 Å². The minimum absolute atomic E-state index is 0.365. The van der Waals surface area contributed by atoms with Crippen molar-refractivity contribution in [3.8, 4) is 0 Å². The summed E-state index contributed by atoms with van der Waals surface area (Å²) in [6.07, 6.45) is 3.17. The molecule has 1 saturated heterocycles. The molecule has 1 aliphatic rings. The summed E-state index contributed by atoms with van der Waals surface area (Å²) in [6.45, 7) is 0. The van der Waals surface area contributed by atoms with Gasteiger partial charge in [-0.1, -0.05) is 0 Å². The number of aromatic nitrogens is 2. The Morgan fingerprint density at radius 2 is 2.39 bits per heavy atom. The van der Waals surface area contributed by atoms with Crippen molar-refractivity contribution in [2.45, 2.75) is 12.1 Å². The van der Waals surface area contributed by atoms with Crippen molar-refractivity contribution >= 4 is 23.6 Å². The van der Waals surface area contributed by atoms with Crippen LogP contribution < -0.4 is 5.73 Å². The number of nitrogens with two attached hydrogens (primary N) is 1. The molecule has 8 heteroatoms. The number of amides is 1. The molecule has 1 aromatic rings. The molecule has 1 fully saturated rings. The number of nitrogens with zero attached hydrogens (tertiary/aromatic N) is 3. The summed E-state index contributed by atoms with van der Waals surface area (Å²) in [6, 6.07) is -1.65. The largest absolute Gasteiger partial charge is 0.480 e. The molecule has 0 spiro atoms. The van der Waals surface area contributed by atoms with Crippen LogP contribution in [-0.4, -0.2) is 49.3 Å². The van der Waals surface area contributed by atoms with Gasteiger partial charge in [-0.15, -0.1) is 11.8 Å². The highest BCUT2D eigenvalue weighted by Crippen LogP contribution is 2.24. The number of hydrogen-bond donors (Lipinski definition) is 2. The molecule has 2 unspecified atom stereocenters. The number of carboxylic acid groups (broad SMARTS) is 1. The van der Waals surface area contributed by atoms with Gasteiger partial charge in [0.2, 0.25) is 5.91 Å². The van der Waals surface area contributed by atoms with Crippen LogP contribution in [0.15, 0.2) is 12.4 Å². The Morgan fingerprint density at radius 3 is 2.94 bits per heavy atom. The molecule has 1 amide bonds. The summed E-state index contributed by atoms with van der Waals surface area (Å²) in [7, 11) is 1.73. The maximum Gasteiger partial charge on any atom is 0.327 e. The van der Waals surface area contributed by atoms with E-state index in [-0.39, 0.29) is 5.91 Å². The quantitative estimate of drug-likeness (QED) is 0.761. The molecule has 2 heterocycles. The summed E-state index contributed by atoms with van der Waals surface area (Å²) in [5, 5.41) is 13.0. The molecular weight excluding hydrogens is 256 g/mol. The van der Waals surface area contributed by atoms with E-state index in [1.54, 1.807) is 17.9 Å². The fourth-order valence-electron chi connectivity index (χ4n) is 1.79. The van der Waals surface area contributed by atoms with Gasteiger partial charge in [0.25, 0.3) is 0 Å². The monoisotopic (exact) mass is 270 g/mol. The van der Waals surface area contributed by atoms with Crippen LogP contribution >= 0.6 is 11.8 Å². The maximum absolute atomic E-state index is 12.2. The third-order valence-corrected chi connectivity index (χ3v) is 3.81. The van der Waals surface area contributed by atoms with Gasteiger partial charge >= 0.3 is 5.97 Å². The summed E-state index contributed by atoms with van der Waals surface area (Å²) >= 11 is 1.41. The van der Waals surface area contributed by atoms with Crippen molar-refractivity contribution in [3.05, 3.63) is 18.0 Å². The first-order valence-corrected chi connectivity index (χ1v) is 6.51. The fraction of sp³-hybridized carbons (Fsp3) is 0.500. The van der Waals surface area contributed by atoms with Gasteiger partial charge in [-0.3, -0.25) is 9.48 Å². The second kappa shape index (κ2) is 4.99. The van der Waals surface area contributed by atoms with Gasteiger partial charge in [-0.25, -0.2) is 4.79 Å². The van der Waals surface area contributed by atoms with Crippen LogP contribution in [0.2, 0.25) is 0 Å². The summed E-state index contributed by atoms with van der Waals surface area (Å²) < 4.78 is 1.55. The average Bonchev–Trinajstić information content (AvgIpc) is 2.95. The van der Waals surface area contributed by atoms with Crippen molar-refractivity contribution in [1.29, 1.82) is 0 Å². The number of rotatable bonds is 3. The van der Waals surface area contributed by atoms with Gasteiger partial charge in [0, 0.05) is 24.6 Å². The Hall–Kier alpha value is -1.54. The third kappa shape index (κ3) is 2.34. The minimum Gasteiger partial charge on any atom is -0.480 e. The molecule has 1 aromatic heterocycles. The lowest BCUT2D eigenvalue weighted by Crippen LogP contribution is -2.45. The number of aliphatic carboxylic acids is 1. The molecule has 18 heavy (non-hydrogen) atoms. The van der Waals surface area contributed by atoms with Crippen LogP contribution in [0.1, 0.15) is 11.6 Å². The van der Waals surface area contributed by atoms with Crippen molar-refractivity contribution in [2.75, 3.05) is 11.6 Å². The maximum atomic E-state index is 12.2. The Labute approximate surface area is 108 Å². The van der Waals surface area contributed by atoms with Crippen LogP contribution in [0.4, 0.5) is 0 Å². The fourth-order valence-corrected chi connectivity index (χ4v) is 2.94. The first-order valence-electron chi connectivity index (χ1n) is 5.36.